The molecular weight excluding hydrogens is 150 g/mol. The van der Waals surface area contributed by atoms with Gasteiger partial charge in [0.15, 0.2) is 6.73 Å². The van der Waals surface area contributed by atoms with Crippen molar-refractivity contribution in [2.45, 2.75) is 20.8 Å². The van der Waals surface area contributed by atoms with Crippen LogP contribution in [0.15, 0.2) is 36.3 Å². The Balaban J connectivity index is 0.000000561. The van der Waals surface area contributed by atoms with Crippen molar-refractivity contribution >= 4 is 0 Å². The van der Waals surface area contributed by atoms with Crippen LogP contribution in [0, 0.1) is 0 Å². The maximum Gasteiger partial charge on any atom is 0.159 e. The van der Waals surface area contributed by atoms with Crippen molar-refractivity contribution in [3.05, 3.63) is 36.3 Å². The molecule has 68 valence electrons. The quantitative estimate of drug-likeness (QED) is 0.648. The van der Waals surface area contributed by atoms with E-state index >= 15 is 0 Å². The molecule has 0 amide bonds. The molecule has 0 bridgehead atoms. The molecule has 0 atom stereocenters. The first-order valence-corrected chi connectivity index (χ1v) is 4.24. The van der Waals surface area contributed by atoms with E-state index < -0.39 is 0 Å². The van der Waals surface area contributed by atoms with Crippen LogP contribution in [0.25, 0.3) is 0 Å². The Kier molecular flexibility index (Phi) is 5.88. The van der Waals surface area contributed by atoms with E-state index in [4.69, 9.17) is 4.74 Å². The average Bonchev–Trinajstić information content (AvgIpc) is 2.56. The van der Waals surface area contributed by atoms with Crippen molar-refractivity contribution in [3.8, 4) is 0 Å². The smallest absolute Gasteiger partial charge is 0.159 e. The highest BCUT2D eigenvalue weighted by Crippen LogP contribution is 2.13. The van der Waals surface area contributed by atoms with Crippen LogP contribution in [0.5, 0.6) is 0 Å². The Hall–Kier alpha value is -1.18. The predicted octanol–water partition coefficient (Wildman–Crippen LogP) is 2.56. The zero-order valence-electron chi connectivity index (χ0n) is 8.05. The molecule has 0 unspecified atom stereocenters. The zero-order valence-corrected chi connectivity index (χ0v) is 8.05. The van der Waals surface area contributed by atoms with Crippen LogP contribution in [-0.2, 0) is 4.74 Å². The van der Waals surface area contributed by atoms with Crippen LogP contribution >= 0.6 is 0 Å². The Labute approximate surface area is 74.6 Å². The molecule has 12 heavy (non-hydrogen) atoms. The minimum Gasteiger partial charge on any atom is -0.471 e. The van der Waals surface area contributed by atoms with Gasteiger partial charge in [0.05, 0.1) is 5.70 Å². The summed E-state index contributed by atoms with van der Waals surface area (Å²) in [6.45, 7) is 10.1. The van der Waals surface area contributed by atoms with Gasteiger partial charge in [0.25, 0.3) is 0 Å². The molecule has 1 aliphatic heterocycles. The second kappa shape index (κ2) is 6.53. The SMILES string of the molecule is C=C/C=C1/OCN/C1=C/C.CC. The first-order chi connectivity index (χ1) is 5.88. The van der Waals surface area contributed by atoms with E-state index in [0.29, 0.717) is 6.73 Å². The minimum absolute atomic E-state index is 0.569. The Bertz CT molecular complexity index is 192. The number of hydrogen-bond acceptors (Lipinski definition) is 2. The molecule has 1 heterocycles. The molecule has 0 aromatic rings. The van der Waals surface area contributed by atoms with E-state index in [1.54, 1.807) is 6.08 Å². The van der Waals surface area contributed by atoms with Crippen molar-refractivity contribution in [2.24, 2.45) is 0 Å². The fourth-order valence-electron chi connectivity index (χ4n) is 0.846. The van der Waals surface area contributed by atoms with Crippen LogP contribution in [0.2, 0.25) is 0 Å². The summed E-state index contributed by atoms with van der Waals surface area (Å²) in [6, 6.07) is 0. The van der Waals surface area contributed by atoms with Crippen LogP contribution < -0.4 is 5.32 Å². The number of allylic oxidation sites excluding steroid dienone is 3. The van der Waals surface area contributed by atoms with Gasteiger partial charge >= 0.3 is 0 Å². The number of nitrogens with one attached hydrogen (secondary N) is 1. The van der Waals surface area contributed by atoms with Gasteiger partial charge in [-0.1, -0.05) is 32.6 Å². The van der Waals surface area contributed by atoms with E-state index in [0.717, 1.165) is 11.5 Å². The highest BCUT2D eigenvalue weighted by atomic mass is 16.5. The third-order valence-corrected chi connectivity index (χ3v) is 1.31. The second-order valence-corrected chi connectivity index (χ2v) is 1.93. The van der Waals surface area contributed by atoms with E-state index in [9.17, 15) is 0 Å². The fraction of sp³-hybridized carbons (Fsp3) is 0.400. The van der Waals surface area contributed by atoms with Gasteiger partial charge in [-0.3, -0.25) is 0 Å². The number of ether oxygens (including phenoxy) is 1. The zero-order chi connectivity index (χ0) is 9.40. The maximum absolute atomic E-state index is 5.21. The first-order valence-electron chi connectivity index (χ1n) is 4.24. The van der Waals surface area contributed by atoms with E-state index in [2.05, 4.69) is 11.9 Å². The van der Waals surface area contributed by atoms with Gasteiger partial charge in [-0.25, -0.2) is 0 Å². The molecule has 2 heteroatoms. The summed E-state index contributed by atoms with van der Waals surface area (Å²) in [4.78, 5) is 0. The van der Waals surface area contributed by atoms with Gasteiger partial charge in [0, 0.05) is 0 Å². The van der Waals surface area contributed by atoms with Crippen molar-refractivity contribution in [2.75, 3.05) is 6.73 Å². The minimum atomic E-state index is 0.569. The Morgan fingerprint density at radius 2 is 2.17 bits per heavy atom. The second-order valence-electron chi connectivity index (χ2n) is 1.93. The van der Waals surface area contributed by atoms with Crippen molar-refractivity contribution < 1.29 is 4.74 Å². The molecule has 1 saturated heterocycles. The summed E-state index contributed by atoms with van der Waals surface area (Å²) in [5.74, 6) is 0.873. The first kappa shape index (κ1) is 10.8. The largest absolute Gasteiger partial charge is 0.471 e. The molecule has 1 rings (SSSR count). The highest BCUT2D eigenvalue weighted by Gasteiger charge is 2.10. The van der Waals surface area contributed by atoms with Gasteiger partial charge in [0.1, 0.15) is 5.76 Å². The van der Waals surface area contributed by atoms with Crippen LogP contribution in [0.4, 0.5) is 0 Å². The van der Waals surface area contributed by atoms with Crippen molar-refractivity contribution in [1.29, 1.82) is 0 Å². The molecule has 0 spiro atoms. The Morgan fingerprint density at radius 1 is 1.50 bits per heavy atom. The number of hydrogen-bond donors (Lipinski definition) is 1. The molecule has 0 aliphatic carbocycles. The Morgan fingerprint density at radius 3 is 2.67 bits per heavy atom. The van der Waals surface area contributed by atoms with Crippen LogP contribution in [0.3, 0.4) is 0 Å². The molecule has 0 aromatic carbocycles. The van der Waals surface area contributed by atoms with Gasteiger partial charge in [-0.05, 0) is 13.0 Å². The molecule has 1 fully saturated rings. The van der Waals surface area contributed by atoms with Crippen molar-refractivity contribution in [1.82, 2.24) is 5.32 Å². The molecule has 0 radical (unpaired) electrons. The molecule has 2 nitrogen and oxygen atoms in total. The van der Waals surface area contributed by atoms with E-state index in [-0.39, 0.29) is 0 Å². The standard InChI is InChI=1S/C8H11NO.C2H6/c1-3-5-8-7(4-2)9-6-10-8;1-2/h3-5,9H,1,6H2,2H3;1-2H3/b7-4+,8-5+;. The molecule has 1 aliphatic rings. The summed E-state index contributed by atoms with van der Waals surface area (Å²) in [6.07, 6.45) is 5.53. The van der Waals surface area contributed by atoms with E-state index in [1.165, 1.54) is 0 Å². The third kappa shape index (κ3) is 2.82. The number of rotatable bonds is 1. The van der Waals surface area contributed by atoms with Gasteiger partial charge < -0.3 is 10.1 Å². The fourth-order valence-corrected chi connectivity index (χ4v) is 0.846. The molecular formula is C10H17NO. The predicted molar refractivity (Wildman–Crippen MR) is 52.5 cm³/mol. The molecule has 0 aromatic heterocycles. The third-order valence-electron chi connectivity index (χ3n) is 1.31. The lowest BCUT2D eigenvalue weighted by Gasteiger charge is -1.93. The monoisotopic (exact) mass is 167 g/mol. The summed E-state index contributed by atoms with van der Waals surface area (Å²) in [5.41, 5.74) is 1.04. The lowest BCUT2D eigenvalue weighted by atomic mass is 10.3. The average molecular weight is 167 g/mol. The van der Waals surface area contributed by atoms with Gasteiger partial charge in [-0.15, -0.1) is 0 Å². The van der Waals surface area contributed by atoms with Crippen molar-refractivity contribution in [3.63, 3.8) is 0 Å². The van der Waals surface area contributed by atoms with Crippen LogP contribution in [0.1, 0.15) is 20.8 Å². The van der Waals surface area contributed by atoms with Gasteiger partial charge in [0.2, 0.25) is 0 Å². The highest BCUT2D eigenvalue weighted by molar-refractivity contribution is 5.28. The summed E-state index contributed by atoms with van der Waals surface area (Å²) < 4.78 is 5.21. The maximum atomic E-state index is 5.21. The van der Waals surface area contributed by atoms with Crippen LogP contribution in [-0.4, -0.2) is 6.73 Å². The normalized spacial score (nSPS) is 20.9. The lowest BCUT2D eigenvalue weighted by Crippen LogP contribution is -2.03. The molecule has 0 saturated carbocycles. The van der Waals surface area contributed by atoms with Gasteiger partial charge in [-0.2, -0.15) is 0 Å². The summed E-state index contributed by atoms with van der Waals surface area (Å²) in [7, 11) is 0. The summed E-state index contributed by atoms with van der Waals surface area (Å²) >= 11 is 0. The summed E-state index contributed by atoms with van der Waals surface area (Å²) in [5, 5.41) is 3.06. The topological polar surface area (TPSA) is 21.3 Å². The van der Waals surface area contributed by atoms with E-state index in [1.807, 2.05) is 32.9 Å². The lowest BCUT2D eigenvalue weighted by molar-refractivity contribution is 0.255. The molecule has 1 N–H and O–H groups in total.